The minimum absolute atomic E-state index is 0.00498. The third kappa shape index (κ3) is 4.69. The van der Waals surface area contributed by atoms with Gasteiger partial charge in [-0.25, -0.2) is 4.98 Å². The van der Waals surface area contributed by atoms with Crippen molar-refractivity contribution in [3.63, 3.8) is 0 Å². The third-order valence-electron chi connectivity index (χ3n) is 4.48. The van der Waals surface area contributed by atoms with Crippen molar-refractivity contribution in [3.05, 3.63) is 35.7 Å². The average Bonchev–Trinajstić information content (AvgIpc) is 3.26. The zero-order valence-corrected chi connectivity index (χ0v) is 16.1. The van der Waals surface area contributed by atoms with Crippen molar-refractivity contribution in [3.8, 4) is 5.75 Å². The molecule has 1 fully saturated rings. The molecule has 4 rings (SSSR count). The van der Waals surface area contributed by atoms with Gasteiger partial charge in [0, 0.05) is 24.6 Å². The first-order valence-electron chi connectivity index (χ1n) is 8.99. The maximum atomic E-state index is 12.9. The molecule has 3 aromatic rings. The first-order chi connectivity index (χ1) is 14.2. The lowest BCUT2D eigenvalue weighted by molar-refractivity contribution is -0.141. The lowest BCUT2D eigenvalue weighted by atomic mass is 10.2. The average molecular weight is 446 g/mol. The number of carbonyl (C=O) groups is 1. The van der Waals surface area contributed by atoms with Crippen LogP contribution < -0.4 is 10.1 Å². The number of ether oxygens (including phenoxy) is 1. The Bertz CT molecular complexity index is 1070. The Morgan fingerprint density at radius 2 is 2.07 bits per heavy atom. The quantitative estimate of drug-likeness (QED) is 0.518. The number of aryl methyl sites for hydroxylation is 1. The summed E-state index contributed by atoms with van der Waals surface area (Å²) in [7, 11) is 0. The molecule has 1 amide bonds. The predicted molar refractivity (Wildman–Crippen MR) is 98.7 cm³/mol. The molecular weight excluding hydrogens is 431 g/mol. The number of fused-ring (bicyclic) bond motifs is 1. The Hall–Kier alpha value is -2.76. The van der Waals surface area contributed by atoms with Gasteiger partial charge in [0.05, 0.1) is 10.2 Å². The van der Waals surface area contributed by atoms with Gasteiger partial charge in [-0.3, -0.25) is 9.48 Å². The molecule has 2 aromatic heterocycles. The van der Waals surface area contributed by atoms with Gasteiger partial charge in [-0.15, -0.1) is 0 Å². The summed E-state index contributed by atoms with van der Waals surface area (Å²) in [6, 6.07) is 5.26. The van der Waals surface area contributed by atoms with E-state index < -0.39 is 24.4 Å². The number of nitrogens with one attached hydrogen (secondary N) is 1. The van der Waals surface area contributed by atoms with Crippen LogP contribution in [0.5, 0.6) is 5.75 Å². The number of alkyl halides is 5. The SMILES string of the molecule is O=C(CCn1nc(C(F)(F)F)cc1C1CC1)Nc1nc2ccc(OC(F)F)cc2s1. The highest BCUT2D eigenvalue weighted by molar-refractivity contribution is 7.22. The summed E-state index contributed by atoms with van der Waals surface area (Å²) in [4.78, 5) is 16.4. The van der Waals surface area contributed by atoms with Gasteiger partial charge in [0.25, 0.3) is 0 Å². The predicted octanol–water partition coefficient (Wildman–Crippen LogP) is 5.02. The second kappa shape index (κ2) is 7.82. The number of rotatable bonds is 7. The number of thiazole rings is 1. The van der Waals surface area contributed by atoms with E-state index in [4.69, 9.17) is 0 Å². The molecule has 2 heterocycles. The zero-order chi connectivity index (χ0) is 21.5. The molecule has 1 aliphatic rings. The van der Waals surface area contributed by atoms with E-state index in [1.54, 1.807) is 0 Å². The Kier molecular flexibility index (Phi) is 5.35. The standard InChI is InChI=1S/C18H15F5N4O2S/c19-16(20)29-10-3-4-11-13(7-10)30-17(24-11)25-15(28)5-6-27-12(9-1-2-9)8-14(26-27)18(21,22)23/h3-4,7-9,16H,1-2,5-6H2,(H,24,25,28). The molecule has 6 nitrogen and oxygen atoms in total. The number of hydrogen-bond acceptors (Lipinski definition) is 5. The molecule has 0 spiro atoms. The molecule has 1 aliphatic carbocycles. The molecule has 0 unspecified atom stereocenters. The van der Waals surface area contributed by atoms with Gasteiger partial charge >= 0.3 is 12.8 Å². The largest absolute Gasteiger partial charge is 0.435 e. The summed E-state index contributed by atoms with van der Waals surface area (Å²) in [5.74, 6) is -0.416. The van der Waals surface area contributed by atoms with Crippen LogP contribution in [0.3, 0.4) is 0 Å². The Morgan fingerprint density at radius 1 is 1.30 bits per heavy atom. The summed E-state index contributed by atoms with van der Waals surface area (Å²) in [5.41, 5.74) is 0.0225. The number of amides is 1. The minimum atomic E-state index is -4.54. The molecule has 12 heteroatoms. The first-order valence-corrected chi connectivity index (χ1v) is 9.81. The maximum Gasteiger partial charge on any atom is 0.435 e. The smallest absolute Gasteiger partial charge is 0.435 e. The summed E-state index contributed by atoms with van der Waals surface area (Å²) in [6.07, 6.45) is -3.02. The monoisotopic (exact) mass is 446 g/mol. The second-order valence-electron chi connectivity index (χ2n) is 6.77. The van der Waals surface area contributed by atoms with E-state index in [9.17, 15) is 26.7 Å². The van der Waals surface area contributed by atoms with Gasteiger partial charge in [0.2, 0.25) is 5.91 Å². The van der Waals surface area contributed by atoms with E-state index in [0.717, 1.165) is 30.2 Å². The Labute approximate surface area is 170 Å². The highest BCUT2D eigenvalue weighted by Crippen LogP contribution is 2.42. The van der Waals surface area contributed by atoms with Crippen LogP contribution in [-0.4, -0.2) is 27.3 Å². The van der Waals surface area contributed by atoms with Crippen molar-refractivity contribution < 1.29 is 31.5 Å². The number of carbonyl (C=O) groups excluding carboxylic acids is 1. The van der Waals surface area contributed by atoms with E-state index in [-0.39, 0.29) is 29.8 Å². The molecular formula is C18H15F5N4O2S. The molecule has 0 saturated heterocycles. The molecule has 30 heavy (non-hydrogen) atoms. The summed E-state index contributed by atoms with van der Waals surface area (Å²) in [6.45, 7) is -2.94. The van der Waals surface area contributed by atoms with Crippen LogP contribution in [0.25, 0.3) is 10.2 Å². The van der Waals surface area contributed by atoms with Gasteiger partial charge in [-0.1, -0.05) is 11.3 Å². The summed E-state index contributed by atoms with van der Waals surface area (Å²) >= 11 is 1.07. The minimum Gasteiger partial charge on any atom is -0.435 e. The van der Waals surface area contributed by atoms with Crippen molar-refractivity contribution in [2.75, 3.05) is 5.32 Å². The number of benzene rings is 1. The van der Waals surface area contributed by atoms with Crippen LogP contribution in [0.2, 0.25) is 0 Å². The van der Waals surface area contributed by atoms with Crippen LogP contribution >= 0.6 is 11.3 Å². The highest BCUT2D eigenvalue weighted by atomic mass is 32.1. The topological polar surface area (TPSA) is 69.0 Å². The van der Waals surface area contributed by atoms with Crippen molar-refractivity contribution in [1.82, 2.24) is 14.8 Å². The fraction of sp³-hybridized carbons (Fsp3) is 0.389. The number of nitrogens with zero attached hydrogens (tertiary/aromatic N) is 3. The Balaban J connectivity index is 1.41. The maximum absolute atomic E-state index is 12.9. The molecule has 0 radical (unpaired) electrons. The van der Waals surface area contributed by atoms with Gasteiger partial charge in [-0.2, -0.15) is 27.1 Å². The van der Waals surface area contributed by atoms with Gasteiger partial charge < -0.3 is 10.1 Å². The lowest BCUT2D eigenvalue weighted by Crippen LogP contribution is -2.16. The molecule has 160 valence electrons. The van der Waals surface area contributed by atoms with Crippen molar-refractivity contribution in [2.45, 2.75) is 44.5 Å². The van der Waals surface area contributed by atoms with Gasteiger partial charge in [0.15, 0.2) is 10.8 Å². The van der Waals surface area contributed by atoms with Crippen LogP contribution in [0.1, 0.15) is 36.6 Å². The van der Waals surface area contributed by atoms with Crippen LogP contribution in [-0.2, 0) is 17.5 Å². The van der Waals surface area contributed by atoms with Crippen molar-refractivity contribution >= 4 is 32.6 Å². The molecule has 0 atom stereocenters. The zero-order valence-electron chi connectivity index (χ0n) is 15.2. The number of anilines is 1. The normalized spacial score (nSPS) is 14.5. The van der Waals surface area contributed by atoms with Crippen LogP contribution in [0.4, 0.5) is 27.1 Å². The number of halogens is 5. The molecule has 0 bridgehead atoms. The fourth-order valence-electron chi connectivity index (χ4n) is 2.98. The third-order valence-corrected chi connectivity index (χ3v) is 5.41. The van der Waals surface area contributed by atoms with Gasteiger partial charge in [-0.05, 0) is 37.1 Å². The van der Waals surface area contributed by atoms with E-state index in [2.05, 4.69) is 20.1 Å². The fourth-order valence-corrected chi connectivity index (χ4v) is 3.89. The van der Waals surface area contributed by atoms with E-state index in [1.807, 2.05) is 0 Å². The van der Waals surface area contributed by atoms with E-state index >= 15 is 0 Å². The number of aromatic nitrogens is 3. The second-order valence-corrected chi connectivity index (χ2v) is 7.81. The van der Waals surface area contributed by atoms with Crippen molar-refractivity contribution in [1.29, 1.82) is 0 Å². The highest BCUT2D eigenvalue weighted by Gasteiger charge is 2.37. The van der Waals surface area contributed by atoms with Crippen LogP contribution in [0.15, 0.2) is 24.3 Å². The first kappa shape index (κ1) is 20.5. The summed E-state index contributed by atoms with van der Waals surface area (Å²) < 4.78 is 69.6. The Morgan fingerprint density at radius 3 is 2.73 bits per heavy atom. The molecule has 1 aromatic carbocycles. The lowest BCUT2D eigenvalue weighted by Gasteiger charge is -2.06. The van der Waals surface area contributed by atoms with E-state index in [1.165, 1.54) is 22.9 Å². The van der Waals surface area contributed by atoms with Gasteiger partial charge in [0.1, 0.15) is 5.75 Å². The molecule has 1 N–H and O–H groups in total. The summed E-state index contributed by atoms with van der Waals surface area (Å²) in [5, 5.41) is 6.45. The molecule has 0 aliphatic heterocycles. The van der Waals surface area contributed by atoms with E-state index in [0.29, 0.717) is 15.9 Å². The molecule has 1 saturated carbocycles. The van der Waals surface area contributed by atoms with Crippen molar-refractivity contribution in [2.24, 2.45) is 0 Å². The number of hydrogen-bond donors (Lipinski definition) is 1. The van der Waals surface area contributed by atoms with Crippen LogP contribution in [0, 0.1) is 0 Å².